The van der Waals surface area contributed by atoms with E-state index in [-0.39, 0.29) is 16.9 Å². The summed E-state index contributed by atoms with van der Waals surface area (Å²) in [5.74, 6) is 1.03. The van der Waals surface area contributed by atoms with Crippen molar-refractivity contribution < 1.29 is 4.79 Å². The number of hydrogen-bond acceptors (Lipinski definition) is 1. The van der Waals surface area contributed by atoms with Crippen molar-refractivity contribution in [3.8, 4) is 0 Å². The van der Waals surface area contributed by atoms with Crippen LogP contribution in [-0.4, -0.2) is 16.8 Å². The van der Waals surface area contributed by atoms with Crippen LogP contribution in [0.25, 0.3) is 0 Å². The summed E-state index contributed by atoms with van der Waals surface area (Å²) in [6, 6.07) is 0. The zero-order chi connectivity index (χ0) is 13.8. The first-order valence-electron chi connectivity index (χ1n) is 7.13. The predicted octanol–water partition coefficient (Wildman–Crippen LogP) is 4.27. The van der Waals surface area contributed by atoms with Crippen LogP contribution < -0.4 is 5.32 Å². The Labute approximate surface area is 120 Å². The molecule has 0 radical (unpaired) electrons. The summed E-state index contributed by atoms with van der Waals surface area (Å²) in [5, 5.41) is 4.17. The van der Waals surface area contributed by atoms with Gasteiger partial charge in [-0.05, 0) is 43.4 Å². The highest BCUT2D eigenvalue weighted by Crippen LogP contribution is 2.33. The van der Waals surface area contributed by atoms with Crippen LogP contribution in [-0.2, 0) is 4.79 Å². The Bertz CT molecular complexity index is 275. The highest BCUT2D eigenvalue weighted by molar-refractivity contribution is 9.09. The van der Waals surface area contributed by atoms with Crippen molar-refractivity contribution >= 4 is 21.8 Å². The smallest absolute Gasteiger partial charge is 0.220 e. The Morgan fingerprint density at radius 3 is 2.33 bits per heavy atom. The number of amides is 1. The van der Waals surface area contributed by atoms with Gasteiger partial charge in [-0.2, -0.15) is 0 Å². The van der Waals surface area contributed by atoms with E-state index in [0.717, 1.165) is 30.5 Å². The Balaban J connectivity index is 2.45. The first kappa shape index (κ1) is 16.0. The van der Waals surface area contributed by atoms with Crippen LogP contribution in [0, 0.1) is 11.3 Å². The molecule has 1 aliphatic rings. The van der Waals surface area contributed by atoms with Crippen molar-refractivity contribution in [3.63, 3.8) is 0 Å². The van der Waals surface area contributed by atoms with Gasteiger partial charge < -0.3 is 5.32 Å². The van der Waals surface area contributed by atoms with Crippen molar-refractivity contribution in [1.29, 1.82) is 0 Å². The Kier molecular flexibility index (Phi) is 5.69. The zero-order valence-corrected chi connectivity index (χ0v) is 13.9. The van der Waals surface area contributed by atoms with Gasteiger partial charge in [-0.1, -0.05) is 43.6 Å². The molecule has 0 aromatic rings. The van der Waals surface area contributed by atoms with Gasteiger partial charge in [-0.25, -0.2) is 0 Å². The molecule has 0 bridgehead atoms. The average Bonchev–Trinajstić information content (AvgIpc) is 2.29. The summed E-state index contributed by atoms with van der Waals surface area (Å²) < 4.78 is 0. The van der Waals surface area contributed by atoms with E-state index < -0.39 is 0 Å². The van der Waals surface area contributed by atoms with Crippen LogP contribution >= 0.6 is 15.9 Å². The summed E-state index contributed by atoms with van der Waals surface area (Å²) in [5.41, 5.74) is 0.251. The molecule has 1 rings (SSSR count). The quantitative estimate of drug-likeness (QED) is 0.771. The fraction of sp³-hybridized carbons (Fsp3) is 0.933. The Morgan fingerprint density at radius 1 is 1.33 bits per heavy atom. The minimum Gasteiger partial charge on any atom is -0.350 e. The number of hydrogen-bond donors (Lipinski definition) is 1. The molecule has 0 saturated heterocycles. The van der Waals surface area contributed by atoms with Crippen LogP contribution in [0.4, 0.5) is 0 Å². The first-order chi connectivity index (χ1) is 8.26. The number of carbonyl (C=O) groups excluding carboxylic acids is 1. The lowest BCUT2D eigenvalue weighted by Gasteiger charge is -2.39. The van der Waals surface area contributed by atoms with Gasteiger partial charge in [0.25, 0.3) is 0 Å². The summed E-state index contributed by atoms with van der Waals surface area (Å²) in [6.45, 7) is 8.86. The van der Waals surface area contributed by atoms with Crippen molar-refractivity contribution in [1.82, 2.24) is 5.32 Å². The molecular weight excluding hydrogens is 290 g/mol. The maximum atomic E-state index is 12.1. The standard InChI is InChI=1S/C15H28BrNO/c1-12-5-9-15(11-16,10-6-12)17-13(18)7-8-14(2,3)4/h12H,5-11H2,1-4H3,(H,17,18). The largest absolute Gasteiger partial charge is 0.350 e. The summed E-state index contributed by atoms with van der Waals surface area (Å²) in [6.07, 6.45) is 6.28. The van der Waals surface area contributed by atoms with E-state index in [9.17, 15) is 4.79 Å². The second-order valence-electron chi connectivity index (χ2n) is 7.21. The highest BCUT2D eigenvalue weighted by Gasteiger charge is 2.34. The normalized spacial score (nSPS) is 29.1. The lowest BCUT2D eigenvalue weighted by molar-refractivity contribution is -0.123. The molecular formula is C15H28BrNO. The van der Waals surface area contributed by atoms with E-state index >= 15 is 0 Å². The number of nitrogens with one attached hydrogen (secondary N) is 1. The molecule has 0 atom stereocenters. The fourth-order valence-corrected chi connectivity index (χ4v) is 3.15. The van der Waals surface area contributed by atoms with Gasteiger partial charge in [-0.15, -0.1) is 0 Å². The van der Waals surface area contributed by atoms with Crippen LogP contribution in [0.3, 0.4) is 0 Å². The van der Waals surface area contributed by atoms with Gasteiger partial charge in [0, 0.05) is 17.3 Å². The van der Waals surface area contributed by atoms with Crippen LogP contribution in [0.5, 0.6) is 0 Å². The molecule has 18 heavy (non-hydrogen) atoms. The molecule has 1 amide bonds. The molecule has 3 heteroatoms. The molecule has 0 aliphatic heterocycles. The van der Waals surface area contributed by atoms with Gasteiger partial charge in [0.05, 0.1) is 0 Å². The second kappa shape index (κ2) is 6.40. The maximum absolute atomic E-state index is 12.1. The SMILES string of the molecule is CC1CCC(CBr)(NC(=O)CCC(C)(C)C)CC1. The first-order valence-corrected chi connectivity index (χ1v) is 8.25. The second-order valence-corrected chi connectivity index (χ2v) is 7.77. The molecule has 1 aliphatic carbocycles. The van der Waals surface area contributed by atoms with Crippen LogP contribution in [0.1, 0.15) is 66.2 Å². The minimum atomic E-state index is 0.0154. The van der Waals surface area contributed by atoms with Crippen molar-refractivity contribution in [2.75, 3.05) is 5.33 Å². The third kappa shape index (κ3) is 5.29. The lowest BCUT2D eigenvalue weighted by Crippen LogP contribution is -2.52. The molecule has 0 heterocycles. The predicted molar refractivity (Wildman–Crippen MR) is 81.0 cm³/mol. The van der Waals surface area contributed by atoms with E-state index in [2.05, 4.69) is 48.9 Å². The summed E-state index contributed by atoms with van der Waals surface area (Å²) in [4.78, 5) is 12.1. The Morgan fingerprint density at radius 2 is 1.89 bits per heavy atom. The van der Waals surface area contributed by atoms with E-state index in [1.807, 2.05) is 0 Å². The van der Waals surface area contributed by atoms with Crippen LogP contribution in [0.2, 0.25) is 0 Å². The molecule has 1 fully saturated rings. The topological polar surface area (TPSA) is 29.1 Å². The third-order valence-electron chi connectivity index (χ3n) is 3.99. The monoisotopic (exact) mass is 317 g/mol. The van der Waals surface area contributed by atoms with E-state index in [0.29, 0.717) is 6.42 Å². The van der Waals surface area contributed by atoms with Crippen molar-refractivity contribution in [3.05, 3.63) is 0 Å². The molecule has 1 N–H and O–H groups in total. The minimum absolute atomic E-state index is 0.0154. The third-order valence-corrected chi connectivity index (χ3v) is 5.07. The average molecular weight is 318 g/mol. The van der Waals surface area contributed by atoms with Gasteiger partial charge in [0.15, 0.2) is 0 Å². The molecule has 0 spiro atoms. The van der Waals surface area contributed by atoms with Gasteiger partial charge in [0.2, 0.25) is 5.91 Å². The van der Waals surface area contributed by atoms with Crippen LogP contribution in [0.15, 0.2) is 0 Å². The van der Waals surface area contributed by atoms with Gasteiger partial charge >= 0.3 is 0 Å². The van der Waals surface area contributed by atoms with E-state index in [1.54, 1.807) is 0 Å². The van der Waals surface area contributed by atoms with Gasteiger partial charge in [-0.3, -0.25) is 4.79 Å². The summed E-state index contributed by atoms with van der Waals surface area (Å²) >= 11 is 3.59. The van der Waals surface area contributed by atoms with Crippen molar-refractivity contribution in [2.45, 2.75) is 71.8 Å². The number of halogens is 1. The number of carbonyl (C=O) groups is 1. The zero-order valence-electron chi connectivity index (χ0n) is 12.3. The molecule has 2 nitrogen and oxygen atoms in total. The maximum Gasteiger partial charge on any atom is 0.220 e. The molecule has 0 aromatic carbocycles. The number of rotatable bonds is 4. The van der Waals surface area contributed by atoms with E-state index in [1.165, 1.54) is 12.8 Å². The Hall–Kier alpha value is -0.0500. The van der Waals surface area contributed by atoms with E-state index in [4.69, 9.17) is 0 Å². The van der Waals surface area contributed by atoms with Crippen molar-refractivity contribution in [2.24, 2.45) is 11.3 Å². The summed E-state index contributed by atoms with van der Waals surface area (Å²) in [7, 11) is 0. The molecule has 0 unspecified atom stereocenters. The number of alkyl halides is 1. The highest BCUT2D eigenvalue weighted by atomic mass is 79.9. The molecule has 1 saturated carbocycles. The molecule has 0 aromatic heterocycles. The lowest BCUT2D eigenvalue weighted by atomic mass is 9.78. The van der Waals surface area contributed by atoms with Gasteiger partial charge in [0.1, 0.15) is 0 Å². The molecule has 106 valence electrons. The fourth-order valence-electron chi connectivity index (χ4n) is 2.45.